The molecule has 0 spiro atoms. The number of piperidine rings is 1. The number of carbonyl (C=O) groups is 3. The van der Waals surface area contributed by atoms with Crippen LogP contribution in [-0.4, -0.2) is 55.0 Å². The van der Waals surface area contributed by atoms with Gasteiger partial charge in [-0.05, 0) is 31.1 Å². The van der Waals surface area contributed by atoms with Gasteiger partial charge in [-0.3, -0.25) is 29.5 Å². The number of morpholine rings is 1. The Bertz CT molecular complexity index is 976. The van der Waals surface area contributed by atoms with Crippen LogP contribution in [0.1, 0.15) is 30.9 Å². The monoisotopic (exact) mass is 393 g/mol. The van der Waals surface area contributed by atoms with Crippen molar-refractivity contribution >= 4 is 29.0 Å². The molecule has 3 aliphatic heterocycles. The zero-order chi connectivity index (χ0) is 20.2. The standard InChI is InChI=1S/C22H23N3O4/c1-22(24-10-12-29-13-11-24)9-3-4-14-19-15(22)5-2-6-16(19)25(21(14)28)17-7-8-18(26)23-20(17)27/h2-6,9,17H,7-8,10-13H2,1H3,(H,23,26,27). The fourth-order valence-corrected chi connectivity index (χ4v) is 4.91. The predicted molar refractivity (Wildman–Crippen MR) is 107 cm³/mol. The summed E-state index contributed by atoms with van der Waals surface area (Å²) >= 11 is 0. The van der Waals surface area contributed by atoms with Gasteiger partial charge in [-0.15, -0.1) is 0 Å². The number of anilines is 1. The Balaban J connectivity index is 1.62. The highest BCUT2D eigenvalue weighted by Gasteiger charge is 2.46. The van der Waals surface area contributed by atoms with Crippen LogP contribution in [0.15, 0.2) is 36.4 Å². The molecule has 3 amide bonds. The summed E-state index contributed by atoms with van der Waals surface area (Å²) in [6, 6.07) is 5.24. The van der Waals surface area contributed by atoms with E-state index in [0.717, 1.165) is 29.9 Å². The summed E-state index contributed by atoms with van der Waals surface area (Å²) in [5.41, 5.74) is 2.92. The van der Waals surface area contributed by atoms with Crippen LogP contribution < -0.4 is 10.2 Å². The van der Waals surface area contributed by atoms with Crippen molar-refractivity contribution in [1.29, 1.82) is 0 Å². The zero-order valence-corrected chi connectivity index (χ0v) is 16.3. The van der Waals surface area contributed by atoms with Crippen LogP contribution in [0.4, 0.5) is 5.69 Å². The Labute approximate surface area is 169 Å². The van der Waals surface area contributed by atoms with Crippen LogP contribution in [0, 0.1) is 0 Å². The fourth-order valence-electron chi connectivity index (χ4n) is 4.91. The number of allylic oxidation sites excluding steroid dienone is 2. The quantitative estimate of drug-likeness (QED) is 0.767. The molecule has 7 heteroatoms. The predicted octanol–water partition coefficient (Wildman–Crippen LogP) is 1.34. The second kappa shape index (κ2) is 6.64. The van der Waals surface area contributed by atoms with Gasteiger partial charge >= 0.3 is 0 Å². The molecule has 29 heavy (non-hydrogen) atoms. The molecule has 2 saturated heterocycles. The lowest BCUT2D eigenvalue weighted by atomic mass is 9.85. The Morgan fingerprint density at radius 3 is 2.72 bits per heavy atom. The third-order valence-electron chi connectivity index (χ3n) is 6.44. The summed E-state index contributed by atoms with van der Waals surface area (Å²) < 4.78 is 5.53. The van der Waals surface area contributed by atoms with E-state index in [2.05, 4.69) is 29.3 Å². The molecular weight excluding hydrogens is 370 g/mol. The number of benzene rings is 1. The maximum atomic E-state index is 13.4. The summed E-state index contributed by atoms with van der Waals surface area (Å²) in [6.07, 6.45) is 6.51. The highest BCUT2D eigenvalue weighted by molar-refractivity contribution is 6.34. The van der Waals surface area contributed by atoms with Crippen molar-refractivity contribution in [2.75, 3.05) is 31.2 Å². The highest BCUT2D eigenvalue weighted by atomic mass is 16.5. The number of ether oxygens (including phenoxy) is 1. The topological polar surface area (TPSA) is 79.0 Å². The molecule has 5 rings (SSSR count). The van der Waals surface area contributed by atoms with Crippen molar-refractivity contribution in [3.05, 3.63) is 47.6 Å². The minimum absolute atomic E-state index is 0.183. The van der Waals surface area contributed by atoms with E-state index >= 15 is 0 Å². The normalized spacial score (nSPS) is 29.4. The van der Waals surface area contributed by atoms with Gasteiger partial charge in [0.05, 0.1) is 24.4 Å². The first-order valence-electron chi connectivity index (χ1n) is 10.0. The van der Waals surface area contributed by atoms with E-state index in [1.807, 2.05) is 24.3 Å². The molecule has 1 aliphatic carbocycles. The average Bonchev–Trinajstić information content (AvgIpc) is 2.89. The minimum Gasteiger partial charge on any atom is -0.379 e. The Kier molecular flexibility index (Phi) is 4.18. The lowest BCUT2D eigenvalue weighted by molar-refractivity contribution is -0.135. The molecular formula is C22H23N3O4. The molecule has 150 valence electrons. The van der Waals surface area contributed by atoms with Gasteiger partial charge in [0, 0.05) is 30.6 Å². The third-order valence-corrected chi connectivity index (χ3v) is 6.44. The van der Waals surface area contributed by atoms with Gasteiger partial charge in [0.15, 0.2) is 0 Å². The summed E-state index contributed by atoms with van der Waals surface area (Å²) in [5.74, 6) is -0.875. The van der Waals surface area contributed by atoms with Gasteiger partial charge in [0.25, 0.3) is 5.91 Å². The van der Waals surface area contributed by atoms with Gasteiger partial charge in [0.1, 0.15) is 6.04 Å². The number of imide groups is 1. The molecule has 0 radical (unpaired) electrons. The summed E-state index contributed by atoms with van der Waals surface area (Å²) in [6.45, 7) is 5.15. The molecule has 1 N–H and O–H groups in total. The maximum Gasteiger partial charge on any atom is 0.259 e. The van der Waals surface area contributed by atoms with E-state index < -0.39 is 11.9 Å². The van der Waals surface area contributed by atoms with E-state index in [0.29, 0.717) is 25.2 Å². The number of carbonyl (C=O) groups excluding carboxylic acids is 3. The lowest BCUT2D eigenvalue weighted by Gasteiger charge is -2.42. The first-order valence-corrected chi connectivity index (χ1v) is 10.0. The number of amides is 3. The molecule has 2 unspecified atom stereocenters. The Morgan fingerprint density at radius 1 is 1.17 bits per heavy atom. The van der Waals surface area contributed by atoms with E-state index in [1.54, 1.807) is 4.90 Å². The average molecular weight is 393 g/mol. The summed E-state index contributed by atoms with van der Waals surface area (Å²) in [4.78, 5) is 41.4. The molecule has 1 aromatic carbocycles. The number of hydrogen-bond acceptors (Lipinski definition) is 5. The second-order valence-electron chi connectivity index (χ2n) is 8.03. The Morgan fingerprint density at radius 2 is 1.97 bits per heavy atom. The molecule has 1 aromatic rings. The van der Waals surface area contributed by atoms with E-state index in [9.17, 15) is 14.4 Å². The van der Waals surface area contributed by atoms with Crippen LogP contribution in [0.3, 0.4) is 0 Å². The summed E-state index contributed by atoms with van der Waals surface area (Å²) in [5, 5.41) is 2.37. The lowest BCUT2D eigenvalue weighted by Crippen LogP contribution is -2.53. The van der Waals surface area contributed by atoms with Crippen LogP contribution in [0.5, 0.6) is 0 Å². The van der Waals surface area contributed by atoms with E-state index in [4.69, 9.17) is 4.74 Å². The molecule has 4 aliphatic rings. The van der Waals surface area contributed by atoms with Crippen LogP contribution in [0.25, 0.3) is 5.57 Å². The van der Waals surface area contributed by atoms with Crippen molar-refractivity contribution in [1.82, 2.24) is 10.2 Å². The maximum absolute atomic E-state index is 13.4. The van der Waals surface area contributed by atoms with Gasteiger partial charge in [-0.25, -0.2) is 0 Å². The van der Waals surface area contributed by atoms with Crippen LogP contribution in [-0.2, 0) is 24.7 Å². The van der Waals surface area contributed by atoms with Crippen LogP contribution in [0.2, 0.25) is 0 Å². The fraction of sp³-hybridized carbons (Fsp3) is 0.409. The molecule has 0 aromatic heterocycles. The number of nitrogens with one attached hydrogen (secondary N) is 1. The first-order chi connectivity index (χ1) is 14.0. The highest BCUT2D eigenvalue weighted by Crippen LogP contribution is 2.47. The third kappa shape index (κ3) is 2.68. The minimum atomic E-state index is -0.668. The molecule has 0 saturated carbocycles. The van der Waals surface area contributed by atoms with Crippen molar-refractivity contribution in [2.24, 2.45) is 0 Å². The van der Waals surface area contributed by atoms with E-state index in [1.165, 1.54) is 0 Å². The molecule has 2 fully saturated rings. The van der Waals surface area contributed by atoms with Gasteiger partial charge in [-0.1, -0.05) is 24.3 Å². The largest absolute Gasteiger partial charge is 0.379 e. The van der Waals surface area contributed by atoms with Crippen molar-refractivity contribution in [3.8, 4) is 0 Å². The molecule has 2 atom stereocenters. The van der Waals surface area contributed by atoms with E-state index in [-0.39, 0.29) is 23.8 Å². The van der Waals surface area contributed by atoms with Crippen molar-refractivity contribution in [3.63, 3.8) is 0 Å². The van der Waals surface area contributed by atoms with Gasteiger partial charge < -0.3 is 4.74 Å². The molecule has 3 heterocycles. The SMILES string of the molecule is CC1(N2CCOCC2)C=CC=C2C(=O)N(C3CCC(=O)NC3=O)c3cccc1c32. The number of hydrogen-bond donors (Lipinski definition) is 1. The van der Waals surface area contributed by atoms with Crippen LogP contribution >= 0.6 is 0 Å². The van der Waals surface area contributed by atoms with Crippen molar-refractivity contribution < 1.29 is 19.1 Å². The molecule has 7 nitrogen and oxygen atoms in total. The Hall–Kier alpha value is -2.77. The second-order valence-corrected chi connectivity index (χ2v) is 8.03. The van der Waals surface area contributed by atoms with Gasteiger partial charge in [0.2, 0.25) is 11.8 Å². The zero-order valence-electron chi connectivity index (χ0n) is 16.3. The summed E-state index contributed by atoms with van der Waals surface area (Å²) in [7, 11) is 0. The smallest absolute Gasteiger partial charge is 0.259 e. The molecule has 0 bridgehead atoms. The van der Waals surface area contributed by atoms with Crippen molar-refractivity contribution in [2.45, 2.75) is 31.3 Å². The first kappa shape index (κ1) is 18.3. The number of rotatable bonds is 2. The van der Waals surface area contributed by atoms with Gasteiger partial charge in [-0.2, -0.15) is 0 Å². The number of nitrogens with zero attached hydrogens (tertiary/aromatic N) is 2.